The summed E-state index contributed by atoms with van der Waals surface area (Å²) in [4.78, 5) is 8.14. The molecule has 0 unspecified atom stereocenters. The van der Waals surface area contributed by atoms with Crippen LogP contribution < -0.4 is 5.32 Å². The highest BCUT2D eigenvalue weighted by Gasteiger charge is 2.09. The highest BCUT2D eigenvalue weighted by atomic mass is 32.1. The van der Waals surface area contributed by atoms with Crippen molar-refractivity contribution in [2.75, 3.05) is 5.32 Å². The summed E-state index contributed by atoms with van der Waals surface area (Å²) in [6, 6.07) is 5.57. The third-order valence-electron chi connectivity index (χ3n) is 2.19. The lowest BCUT2D eigenvalue weighted by Gasteiger charge is -1.97. The fraction of sp³-hybridized carbons (Fsp3) is 0. The third kappa shape index (κ3) is 1.40. The monoisotopic (exact) mass is 232 g/mol. The van der Waals surface area contributed by atoms with E-state index in [4.69, 9.17) is 0 Å². The number of pyridine rings is 1. The first-order valence-corrected chi connectivity index (χ1v) is 5.55. The molecule has 3 heterocycles. The van der Waals surface area contributed by atoms with Crippen molar-refractivity contribution in [3.05, 3.63) is 36.0 Å². The maximum atomic E-state index is 9.62. The van der Waals surface area contributed by atoms with E-state index >= 15 is 0 Å². The van der Waals surface area contributed by atoms with Crippen LogP contribution in [-0.2, 0) is 0 Å². The maximum Gasteiger partial charge on any atom is 0.300 e. The van der Waals surface area contributed by atoms with Crippen molar-refractivity contribution < 1.29 is 5.11 Å². The van der Waals surface area contributed by atoms with Gasteiger partial charge in [0.2, 0.25) is 0 Å². The molecule has 0 atom stereocenters. The molecule has 0 aliphatic rings. The Morgan fingerprint density at radius 2 is 2.31 bits per heavy atom. The number of thiazole rings is 1. The first kappa shape index (κ1) is 9.17. The summed E-state index contributed by atoms with van der Waals surface area (Å²) in [6.07, 6.45) is 3.47. The van der Waals surface area contributed by atoms with Gasteiger partial charge in [0.15, 0.2) is 10.9 Å². The van der Waals surface area contributed by atoms with Crippen LogP contribution in [0.1, 0.15) is 0 Å². The molecular weight excluding hydrogens is 224 g/mol. The fourth-order valence-electron chi connectivity index (χ4n) is 1.50. The normalized spacial score (nSPS) is 10.8. The Kier molecular flexibility index (Phi) is 2.00. The summed E-state index contributed by atoms with van der Waals surface area (Å²) >= 11 is 1.48. The summed E-state index contributed by atoms with van der Waals surface area (Å²) in [5.74, 6) is 0.605. The molecule has 0 bridgehead atoms. The minimum absolute atomic E-state index is 0.0327. The molecule has 3 aromatic heterocycles. The molecule has 0 fully saturated rings. The Bertz CT molecular complexity index is 617. The van der Waals surface area contributed by atoms with Crippen LogP contribution in [0.3, 0.4) is 0 Å². The molecule has 0 aliphatic carbocycles. The number of rotatable bonds is 2. The van der Waals surface area contributed by atoms with E-state index in [1.54, 1.807) is 16.8 Å². The Hall–Kier alpha value is -2.08. The average molecular weight is 232 g/mol. The lowest BCUT2D eigenvalue weighted by molar-refractivity contribution is 0.428. The zero-order chi connectivity index (χ0) is 11.0. The maximum absolute atomic E-state index is 9.62. The number of imidazole rings is 1. The number of fused-ring (bicyclic) bond motifs is 1. The second-order valence-electron chi connectivity index (χ2n) is 3.18. The molecule has 0 radical (unpaired) electrons. The quantitative estimate of drug-likeness (QED) is 0.711. The molecule has 3 rings (SSSR count). The van der Waals surface area contributed by atoms with Gasteiger partial charge in [-0.15, -0.1) is 11.3 Å². The van der Waals surface area contributed by atoms with Gasteiger partial charge in [-0.2, -0.15) is 4.98 Å². The zero-order valence-corrected chi connectivity index (χ0v) is 8.98. The van der Waals surface area contributed by atoms with E-state index in [2.05, 4.69) is 15.3 Å². The van der Waals surface area contributed by atoms with E-state index in [1.807, 2.05) is 23.6 Å². The first-order valence-electron chi connectivity index (χ1n) is 4.67. The lowest BCUT2D eigenvalue weighted by atomic mass is 10.4. The molecule has 6 heteroatoms. The summed E-state index contributed by atoms with van der Waals surface area (Å²) in [6.45, 7) is 0. The minimum Gasteiger partial charge on any atom is -0.480 e. The summed E-state index contributed by atoms with van der Waals surface area (Å²) < 4.78 is 1.61. The molecule has 16 heavy (non-hydrogen) atoms. The van der Waals surface area contributed by atoms with Gasteiger partial charge in [-0.25, -0.2) is 4.98 Å². The largest absolute Gasteiger partial charge is 0.480 e. The van der Waals surface area contributed by atoms with Crippen molar-refractivity contribution in [3.63, 3.8) is 0 Å². The van der Waals surface area contributed by atoms with E-state index in [0.29, 0.717) is 5.82 Å². The van der Waals surface area contributed by atoms with Crippen molar-refractivity contribution in [1.82, 2.24) is 14.4 Å². The summed E-state index contributed by atoms with van der Waals surface area (Å²) in [7, 11) is 0. The fourth-order valence-corrected chi connectivity index (χ4v) is 2.03. The van der Waals surface area contributed by atoms with Crippen LogP contribution in [0, 0.1) is 0 Å². The van der Waals surface area contributed by atoms with Crippen LogP contribution in [-0.4, -0.2) is 19.5 Å². The first-order chi connectivity index (χ1) is 7.84. The van der Waals surface area contributed by atoms with Gasteiger partial charge in [0.25, 0.3) is 0 Å². The van der Waals surface area contributed by atoms with Gasteiger partial charge < -0.3 is 10.4 Å². The van der Waals surface area contributed by atoms with Crippen LogP contribution in [0.15, 0.2) is 36.0 Å². The van der Waals surface area contributed by atoms with Crippen LogP contribution in [0.5, 0.6) is 6.01 Å². The molecule has 0 saturated carbocycles. The number of anilines is 2. The van der Waals surface area contributed by atoms with Gasteiger partial charge in [0, 0.05) is 17.8 Å². The van der Waals surface area contributed by atoms with Crippen molar-refractivity contribution in [1.29, 1.82) is 0 Å². The minimum atomic E-state index is -0.0327. The van der Waals surface area contributed by atoms with E-state index in [0.717, 1.165) is 10.6 Å². The molecule has 0 aromatic carbocycles. The molecule has 5 nitrogen and oxygen atoms in total. The van der Waals surface area contributed by atoms with E-state index in [1.165, 1.54) is 11.3 Å². The molecule has 80 valence electrons. The number of hydrogen-bond acceptors (Lipinski definition) is 5. The summed E-state index contributed by atoms with van der Waals surface area (Å²) in [5, 5.41) is 15.3. The molecule has 0 amide bonds. The van der Waals surface area contributed by atoms with Crippen molar-refractivity contribution in [3.8, 4) is 6.01 Å². The number of aromatic hydroxyl groups is 1. The second kappa shape index (κ2) is 3.49. The van der Waals surface area contributed by atoms with Crippen molar-refractivity contribution in [2.45, 2.75) is 0 Å². The molecule has 0 saturated heterocycles. The van der Waals surface area contributed by atoms with Gasteiger partial charge in [-0.3, -0.25) is 4.40 Å². The topological polar surface area (TPSA) is 62.5 Å². The SMILES string of the molecule is Oc1nc(Nc2nccs2)c2ccccn12. The van der Waals surface area contributed by atoms with Gasteiger partial charge in [-0.1, -0.05) is 6.07 Å². The van der Waals surface area contributed by atoms with E-state index < -0.39 is 0 Å². The van der Waals surface area contributed by atoms with Crippen molar-refractivity contribution >= 4 is 27.8 Å². The smallest absolute Gasteiger partial charge is 0.300 e. The highest BCUT2D eigenvalue weighted by Crippen LogP contribution is 2.25. The molecular formula is C10H8N4OS. The number of nitrogens with one attached hydrogen (secondary N) is 1. The Morgan fingerprint density at radius 1 is 1.38 bits per heavy atom. The van der Waals surface area contributed by atoms with Crippen LogP contribution in [0.2, 0.25) is 0 Å². The molecule has 0 spiro atoms. The number of hydrogen-bond donors (Lipinski definition) is 2. The standard InChI is InChI=1S/C10H8N4OS/c15-10-13-8(12-9-11-4-6-16-9)7-3-1-2-5-14(7)10/h1-6H,(H,11,12)(H,13,15). The van der Waals surface area contributed by atoms with E-state index in [-0.39, 0.29) is 6.01 Å². The van der Waals surface area contributed by atoms with Gasteiger partial charge in [0.05, 0.1) is 5.52 Å². The van der Waals surface area contributed by atoms with Gasteiger partial charge in [-0.05, 0) is 12.1 Å². The number of aromatic nitrogens is 3. The third-order valence-corrected chi connectivity index (χ3v) is 2.88. The average Bonchev–Trinajstić information content (AvgIpc) is 2.90. The Balaban J connectivity index is 2.10. The van der Waals surface area contributed by atoms with Crippen molar-refractivity contribution in [2.24, 2.45) is 0 Å². The molecule has 3 aromatic rings. The van der Waals surface area contributed by atoms with Gasteiger partial charge >= 0.3 is 6.01 Å². The number of nitrogens with zero attached hydrogens (tertiary/aromatic N) is 3. The lowest BCUT2D eigenvalue weighted by Crippen LogP contribution is -1.89. The highest BCUT2D eigenvalue weighted by molar-refractivity contribution is 7.13. The zero-order valence-electron chi connectivity index (χ0n) is 8.16. The van der Waals surface area contributed by atoms with Gasteiger partial charge in [0.1, 0.15) is 0 Å². The molecule has 2 N–H and O–H groups in total. The Labute approximate surface area is 95.0 Å². The van der Waals surface area contributed by atoms with Crippen LogP contribution >= 0.6 is 11.3 Å². The van der Waals surface area contributed by atoms with E-state index in [9.17, 15) is 5.11 Å². The predicted molar refractivity (Wildman–Crippen MR) is 62.3 cm³/mol. The molecule has 0 aliphatic heterocycles. The Morgan fingerprint density at radius 3 is 3.12 bits per heavy atom. The van der Waals surface area contributed by atoms with Crippen LogP contribution in [0.4, 0.5) is 10.9 Å². The van der Waals surface area contributed by atoms with Crippen LogP contribution in [0.25, 0.3) is 5.52 Å². The second-order valence-corrected chi connectivity index (χ2v) is 4.07. The summed E-state index contributed by atoms with van der Waals surface area (Å²) in [5.41, 5.74) is 0.815. The predicted octanol–water partition coefficient (Wildman–Crippen LogP) is 2.24.